The van der Waals surface area contributed by atoms with Gasteiger partial charge in [-0.2, -0.15) is 0 Å². The van der Waals surface area contributed by atoms with Crippen LogP contribution in [0.5, 0.6) is 0 Å². The number of carboxylic acids is 4. The first-order valence-corrected chi connectivity index (χ1v) is 16.1. The van der Waals surface area contributed by atoms with E-state index in [4.69, 9.17) is 9.05 Å². The van der Waals surface area contributed by atoms with Gasteiger partial charge in [-0.1, -0.05) is 67.6 Å². The Balaban J connectivity index is 2.31. The minimum atomic E-state index is -4.69. The van der Waals surface area contributed by atoms with Crippen molar-refractivity contribution in [2.24, 2.45) is 0 Å². The van der Waals surface area contributed by atoms with Gasteiger partial charge in [-0.25, -0.2) is 4.57 Å². The molecule has 46 heavy (non-hydrogen) atoms. The lowest BCUT2D eigenvalue weighted by Crippen LogP contribution is -2.52. The van der Waals surface area contributed by atoms with Crippen LogP contribution in [0, 0.1) is 0 Å². The van der Waals surface area contributed by atoms with E-state index in [0.717, 1.165) is 10.5 Å². The summed E-state index contributed by atoms with van der Waals surface area (Å²) in [6.07, 6.45) is 0.959. The van der Waals surface area contributed by atoms with Crippen LogP contribution in [0.25, 0.3) is 0 Å². The molecule has 2 rings (SSSR count). The van der Waals surface area contributed by atoms with Crippen molar-refractivity contribution < 1.29 is 58.1 Å². The third-order valence-corrected chi connectivity index (χ3v) is 7.94. The molecule has 0 amide bonds. The molecule has 0 saturated carbocycles. The zero-order valence-electron chi connectivity index (χ0n) is 25.6. The van der Waals surface area contributed by atoms with Gasteiger partial charge in [0, 0.05) is 25.2 Å². The fourth-order valence-electron chi connectivity index (χ4n) is 4.91. The third kappa shape index (κ3) is 15.1. The highest BCUT2D eigenvalue weighted by atomic mass is 31.2. The SMILES string of the molecule is CCN(CC(=O)O)C(CN(CC(=O)O)CC(COP(=O)(O)OCCCc1ccccc1)N(CC(=O)O)CC(=O)O)c1ccccc1. The predicted octanol–water partition coefficient (Wildman–Crippen LogP) is 2.13. The van der Waals surface area contributed by atoms with Crippen LogP contribution < -0.4 is 0 Å². The average molecular weight is 668 g/mol. The lowest BCUT2D eigenvalue weighted by molar-refractivity contribution is -0.145. The zero-order chi connectivity index (χ0) is 34.1. The topological polar surface area (TPSA) is 215 Å². The van der Waals surface area contributed by atoms with Gasteiger partial charge in [0.1, 0.15) is 0 Å². The number of carbonyl (C=O) groups is 4. The van der Waals surface area contributed by atoms with Crippen LogP contribution in [0.2, 0.25) is 0 Å². The molecule has 3 unspecified atom stereocenters. The number of carboxylic acid groups (broad SMARTS) is 4. The molecule has 2 aromatic rings. The molecule has 0 aromatic heterocycles. The zero-order valence-corrected chi connectivity index (χ0v) is 26.5. The molecule has 0 bridgehead atoms. The van der Waals surface area contributed by atoms with E-state index in [0.29, 0.717) is 24.9 Å². The molecule has 0 aliphatic carbocycles. The highest BCUT2D eigenvalue weighted by Gasteiger charge is 2.32. The summed E-state index contributed by atoms with van der Waals surface area (Å²) >= 11 is 0. The van der Waals surface area contributed by atoms with Gasteiger partial charge in [0.05, 0.1) is 39.4 Å². The fourth-order valence-corrected chi connectivity index (χ4v) is 5.71. The van der Waals surface area contributed by atoms with E-state index < -0.39 is 70.0 Å². The molecule has 0 radical (unpaired) electrons. The van der Waals surface area contributed by atoms with Crippen molar-refractivity contribution in [1.29, 1.82) is 0 Å². The van der Waals surface area contributed by atoms with E-state index in [9.17, 15) is 49.1 Å². The van der Waals surface area contributed by atoms with Gasteiger partial charge in [0.25, 0.3) is 0 Å². The van der Waals surface area contributed by atoms with Gasteiger partial charge in [0.15, 0.2) is 0 Å². The molecule has 0 heterocycles. The Bertz CT molecular complexity index is 1280. The maximum absolute atomic E-state index is 12.7. The summed E-state index contributed by atoms with van der Waals surface area (Å²) in [7, 11) is -4.69. The number of phosphoric acid groups is 1. The standard InChI is InChI=1S/C30H42N3O12P/c1-2-32(19-28(36)37)26(24-13-7-4-8-14-24)17-31(18-27(34)35)16-25(33(20-29(38)39)21-30(40)41)22-45-46(42,43)44-15-9-12-23-10-5-3-6-11-23/h3-8,10-11,13-14,25-26H,2,9,12,15-22H2,1H3,(H,34,35)(H,36,37)(H,38,39)(H,40,41)(H,42,43). The van der Waals surface area contributed by atoms with Crippen molar-refractivity contribution in [2.45, 2.75) is 31.8 Å². The Morgan fingerprint density at radius 1 is 0.739 bits per heavy atom. The molecular weight excluding hydrogens is 625 g/mol. The third-order valence-electron chi connectivity index (χ3n) is 6.96. The minimum Gasteiger partial charge on any atom is -0.480 e. The lowest BCUT2D eigenvalue weighted by atomic mass is 10.0. The lowest BCUT2D eigenvalue weighted by Gasteiger charge is -2.37. The molecule has 254 valence electrons. The monoisotopic (exact) mass is 667 g/mol. The summed E-state index contributed by atoms with van der Waals surface area (Å²) in [6.45, 7) is -1.69. The van der Waals surface area contributed by atoms with E-state index in [1.807, 2.05) is 30.3 Å². The summed E-state index contributed by atoms with van der Waals surface area (Å²) < 4.78 is 23.0. The van der Waals surface area contributed by atoms with Crippen molar-refractivity contribution >= 4 is 31.7 Å². The van der Waals surface area contributed by atoms with Crippen LogP contribution in [0.4, 0.5) is 0 Å². The Labute approximate surface area is 267 Å². The van der Waals surface area contributed by atoms with Crippen molar-refractivity contribution in [3.63, 3.8) is 0 Å². The van der Waals surface area contributed by atoms with Gasteiger partial charge in [0.2, 0.25) is 0 Å². The maximum atomic E-state index is 12.7. The van der Waals surface area contributed by atoms with E-state index >= 15 is 0 Å². The molecule has 0 fully saturated rings. The van der Waals surface area contributed by atoms with Crippen molar-refractivity contribution in [3.05, 3.63) is 71.8 Å². The van der Waals surface area contributed by atoms with Gasteiger partial charge >= 0.3 is 31.7 Å². The normalized spacial score (nSPS) is 14.2. The Morgan fingerprint density at radius 2 is 1.26 bits per heavy atom. The Morgan fingerprint density at radius 3 is 1.78 bits per heavy atom. The summed E-state index contributed by atoms with van der Waals surface area (Å²) in [4.78, 5) is 61.3. The number of nitrogens with zero attached hydrogens (tertiary/aromatic N) is 3. The maximum Gasteiger partial charge on any atom is 0.472 e. The molecule has 5 N–H and O–H groups in total. The van der Waals surface area contributed by atoms with Crippen LogP contribution in [-0.4, -0.2) is 129 Å². The summed E-state index contributed by atoms with van der Waals surface area (Å²) in [5.41, 5.74) is 1.68. The molecule has 0 spiro atoms. The molecule has 3 atom stereocenters. The van der Waals surface area contributed by atoms with Crippen LogP contribution in [0.15, 0.2) is 60.7 Å². The van der Waals surface area contributed by atoms with Gasteiger partial charge in [-0.05, 0) is 30.5 Å². The van der Waals surface area contributed by atoms with Gasteiger partial charge in [-0.15, -0.1) is 0 Å². The number of aliphatic carboxylic acids is 4. The number of rotatable bonds is 24. The van der Waals surface area contributed by atoms with Crippen molar-refractivity contribution in [3.8, 4) is 0 Å². The van der Waals surface area contributed by atoms with Crippen LogP contribution in [0.1, 0.15) is 30.5 Å². The van der Waals surface area contributed by atoms with Crippen LogP contribution >= 0.6 is 7.82 Å². The number of aryl methyl sites for hydroxylation is 1. The number of hydrogen-bond acceptors (Lipinski definition) is 10. The second-order valence-corrected chi connectivity index (χ2v) is 12.0. The smallest absolute Gasteiger partial charge is 0.472 e. The predicted molar refractivity (Wildman–Crippen MR) is 165 cm³/mol. The molecule has 0 aliphatic heterocycles. The number of hydrogen-bond donors (Lipinski definition) is 5. The highest BCUT2D eigenvalue weighted by molar-refractivity contribution is 7.47. The van der Waals surface area contributed by atoms with E-state index in [1.54, 1.807) is 42.2 Å². The minimum absolute atomic E-state index is 0.0608. The van der Waals surface area contributed by atoms with E-state index in [-0.39, 0.29) is 26.2 Å². The first kappa shape index (κ1) is 38.5. The second-order valence-electron chi connectivity index (χ2n) is 10.5. The van der Waals surface area contributed by atoms with Crippen molar-refractivity contribution in [1.82, 2.24) is 14.7 Å². The average Bonchev–Trinajstić information content (AvgIpc) is 2.98. The first-order valence-electron chi connectivity index (χ1n) is 14.6. The van der Waals surface area contributed by atoms with Crippen LogP contribution in [-0.2, 0) is 39.2 Å². The molecule has 0 aliphatic rings. The Kier molecular flexibility index (Phi) is 16.5. The second kappa shape index (κ2) is 19.7. The summed E-state index contributed by atoms with van der Waals surface area (Å²) in [6, 6.07) is 16.3. The molecule has 15 nitrogen and oxygen atoms in total. The first-order chi connectivity index (χ1) is 21.8. The van der Waals surface area contributed by atoms with Crippen LogP contribution in [0.3, 0.4) is 0 Å². The molecular formula is C30H42N3O12P. The van der Waals surface area contributed by atoms with Crippen molar-refractivity contribution in [2.75, 3.05) is 59.0 Å². The molecule has 2 aromatic carbocycles. The highest BCUT2D eigenvalue weighted by Crippen LogP contribution is 2.43. The number of benzene rings is 2. The van der Waals surface area contributed by atoms with E-state index in [2.05, 4.69) is 0 Å². The quantitative estimate of drug-likeness (QED) is 0.0801. The number of likely N-dealkylation sites (N-methyl/N-ethyl adjacent to an activating group) is 1. The fraction of sp³-hybridized carbons (Fsp3) is 0.467. The molecule has 0 saturated heterocycles. The van der Waals surface area contributed by atoms with Gasteiger partial charge < -0.3 is 25.3 Å². The summed E-state index contributed by atoms with van der Waals surface area (Å²) in [5.74, 6) is -5.14. The molecule has 16 heteroatoms. The van der Waals surface area contributed by atoms with E-state index in [1.165, 1.54) is 4.90 Å². The Hall–Kier alpha value is -3.69. The summed E-state index contributed by atoms with van der Waals surface area (Å²) in [5, 5.41) is 38.2. The van der Waals surface area contributed by atoms with Gasteiger partial charge in [-0.3, -0.25) is 42.9 Å². The number of phosphoric ester groups is 1. The largest absolute Gasteiger partial charge is 0.480 e.